The maximum atomic E-state index is 13.1. The highest BCUT2D eigenvalue weighted by Crippen LogP contribution is 2.14. The number of hydrogen-bond donors (Lipinski definition) is 0. The van der Waals surface area contributed by atoms with Crippen molar-refractivity contribution in [2.45, 2.75) is 13.8 Å². The van der Waals surface area contributed by atoms with Crippen LogP contribution in [0.3, 0.4) is 0 Å². The van der Waals surface area contributed by atoms with Gasteiger partial charge < -0.3 is 0 Å². The van der Waals surface area contributed by atoms with E-state index in [-0.39, 0.29) is 5.82 Å². The van der Waals surface area contributed by atoms with E-state index in [0.717, 1.165) is 11.2 Å². The van der Waals surface area contributed by atoms with E-state index in [1.807, 2.05) is 6.92 Å². The van der Waals surface area contributed by atoms with Crippen LogP contribution in [0.4, 0.5) is 4.39 Å². The third-order valence-electron chi connectivity index (χ3n) is 1.94. The van der Waals surface area contributed by atoms with Gasteiger partial charge in [0.15, 0.2) is 0 Å². The molecule has 2 nitrogen and oxygen atoms in total. The molecule has 2 rings (SSSR count). The molecule has 0 saturated carbocycles. The first-order valence-corrected chi connectivity index (χ1v) is 4.06. The van der Waals surface area contributed by atoms with Crippen LogP contribution >= 0.6 is 0 Å². The molecule has 0 amide bonds. The summed E-state index contributed by atoms with van der Waals surface area (Å²) in [5.74, 6) is -0.229. The number of aryl methyl sites for hydroxylation is 2. The zero-order valence-electron chi connectivity index (χ0n) is 7.50. The second-order valence-corrected chi connectivity index (χ2v) is 3.10. The van der Waals surface area contributed by atoms with E-state index in [1.165, 1.54) is 6.07 Å². The number of hydrogen-bond acceptors (Lipinski definition) is 2. The molecule has 0 saturated heterocycles. The Morgan fingerprint density at radius 3 is 2.69 bits per heavy atom. The number of fused-ring (bicyclic) bond motifs is 1. The summed E-state index contributed by atoms with van der Waals surface area (Å²) in [4.78, 5) is 8.33. The molecule has 0 atom stereocenters. The minimum absolute atomic E-state index is 0.229. The van der Waals surface area contributed by atoms with Crippen LogP contribution < -0.4 is 0 Å². The maximum absolute atomic E-state index is 13.1. The van der Waals surface area contributed by atoms with Crippen molar-refractivity contribution in [2.75, 3.05) is 0 Å². The zero-order valence-corrected chi connectivity index (χ0v) is 7.50. The molecule has 0 aliphatic carbocycles. The van der Waals surface area contributed by atoms with Gasteiger partial charge in [0.05, 0.1) is 16.7 Å². The Hall–Kier alpha value is -1.51. The van der Waals surface area contributed by atoms with E-state index >= 15 is 0 Å². The van der Waals surface area contributed by atoms with Crippen LogP contribution in [0, 0.1) is 19.7 Å². The molecule has 1 aromatic carbocycles. The first-order valence-electron chi connectivity index (χ1n) is 4.06. The van der Waals surface area contributed by atoms with Gasteiger partial charge in [-0.3, -0.25) is 4.98 Å². The van der Waals surface area contributed by atoms with E-state index in [0.29, 0.717) is 11.1 Å². The quantitative estimate of drug-likeness (QED) is 0.616. The van der Waals surface area contributed by atoms with E-state index < -0.39 is 0 Å². The van der Waals surface area contributed by atoms with Crippen LogP contribution in [0.2, 0.25) is 0 Å². The maximum Gasteiger partial charge on any atom is 0.128 e. The Kier molecular flexibility index (Phi) is 1.72. The zero-order chi connectivity index (χ0) is 9.42. The van der Waals surface area contributed by atoms with Crippen LogP contribution in [0.25, 0.3) is 11.0 Å². The first-order chi connectivity index (χ1) is 6.16. The second-order valence-electron chi connectivity index (χ2n) is 3.10. The summed E-state index contributed by atoms with van der Waals surface area (Å²) in [6, 6.07) is 3.13. The summed E-state index contributed by atoms with van der Waals surface area (Å²) in [6.07, 6.45) is 1.68. The van der Waals surface area contributed by atoms with Gasteiger partial charge in [-0.25, -0.2) is 9.37 Å². The molecule has 0 spiro atoms. The predicted octanol–water partition coefficient (Wildman–Crippen LogP) is 2.39. The molecule has 1 heterocycles. The third-order valence-corrected chi connectivity index (χ3v) is 1.94. The molecule has 0 unspecified atom stereocenters. The van der Waals surface area contributed by atoms with Gasteiger partial charge in [-0.15, -0.1) is 0 Å². The highest BCUT2D eigenvalue weighted by Gasteiger charge is 2.02. The van der Waals surface area contributed by atoms with Gasteiger partial charge >= 0.3 is 0 Å². The Bertz CT molecular complexity index is 466. The van der Waals surface area contributed by atoms with Gasteiger partial charge in [0.1, 0.15) is 5.82 Å². The minimum Gasteiger partial charge on any atom is -0.253 e. The number of aromatic nitrogens is 2. The molecular formula is C10H9FN2. The Morgan fingerprint density at radius 2 is 1.92 bits per heavy atom. The van der Waals surface area contributed by atoms with Gasteiger partial charge in [0.2, 0.25) is 0 Å². The SMILES string of the molecule is Cc1cnc2cc(C)c(F)cc2n1. The average Bonchev–Trinajstić information content (AvgIpc) is 2.08. The molecular weight excluding hydrogens is 167 g/mol. The molecule has 3 heteroatoms. The molecule has 0 radical (unpaired) electrons. The topological polar surface area (TPSA) is 25.8 Å². The summed E-state index contributed by atoms with van der Waals surface area (Å²) in [5.41, 5.74) is 2.76. The van der Waals surface area contributed by atoms with Crippen LogP contribution in [-0.4, -0.2) is 9.97 Å². The van der Waals surface area contributed by atoms with Gasteiger partial charge in [-0.2, -0.15) is 0 Å². The molecule has 1 aromatic heterocycles. The molecule has 13 heavy (non-hydrogen) atoms. The van der Waals surface area contributed by atoms with Crippen molar-refractivity contribution in [1.82, 2.24) is 9.97 Å². The van der Waals surface area contributed by atoms with E-state index in [4.69, 9.17) is 0 Å². The van der Waals surface area contributed by atoms with Crippen molar-refractivity contribution in [3.8, 4) is 0 Å². The van der Waals surface area contributed by atoms with E-state index in [2.05, 4.69) is 9.97 Å². The summed E-state index contributed by atoms with van der Waals surface area (Å²) in [6.45, 7) is 3.56. The van der Waals surface area contributed by atoms with Crippen molar-refractivity contribution in [3.05, 3.63) is 35.4 Å². The van der Waals surface area contributed by atoms with E-state index in [9.17, 15) is 4.39 Å². The van der Waals surface area contributed by atoms with Crippen molar-refractivity contribution in [3.63, 3.8) is 0 Å². The lowest BCUT2D eigenvalue weighted by molar-refractivity contribution is 0.620. The lowest BCUT2D eigenvalue weighted by Crippen LogP contribution is -1.90. The van der Waals surface area contributed by atoms with Crippen LogP contribution in [0.1, 0.15) is 11.3 Å². The number of rotatable bonds is 0. The van der Waals surface area contributed by atoms with Gasteiger partial charge in [0, 0.05) is 12.3 Å². The number of nitrogens with zero attached hydrogens (tertiary/aromatic N) is 2. The van der Waals surface area contributed by atoms with Gasteiger partial charge in [-0.1, -0.05) is 0 Å². The second kappa shape index (κ2) is 2.76. The predicted molar refractivity (Wildman–Crippen MR) is 49.0 cm³/mol. The molecule has 0 N–H and O–H groups in total. The fraction of sp³-hybridized carbons (Fsp3) is 0.200. The molecule has 2 aromatic rings. The standard InChI is InChI=1S/C10H9FN2/c1-6-3-9-10(4-8(6)11)13-7(2)5-12-9/h3-5H,1-2H3. The lowest BCUT2D eigenvalue weighted by atomic mass is 10.2. The van der Waals surface area contributed by atoms with Gasteiger partial charge in [-0.05, 0) is 25.5 Å². The largest absolute Gasteiger partial charge is 0.253 e. The smallest absolute Gasteiger partial charge is 0.128 e. The molecule has 0 aliphatic heterocycles. The highest BCUT2D eigenvalue weighted by molar-refractivity contribution is 5.74. The molecule has 0 aliphatic rings. The summed E-state index contributed by atoms with van der Waals surface area (Å²) in [7, 11) is 0. The summed E-state index contributed by atoms with van der Waals surface area (Å²) >= 11 is 0. The van der Waals surface area contributed by atoms with Crippen molar-refractivity contribution in [1.29, 1.82) is 0 Å². The van der Waals surface area contributed by atoms with Crippen molar-refractivity contribution < 1.29 is 4.39 Å². The van der Waals surface area contributed by atoms with Crippen LogP contribution in [-0.2, 0) is 0 Å². The summed E-state index contributed by atoms with van der Waals surface area (Å²) in [5, 5.41) is 0. The Labute approximate surface area is 75.4 Å². The fourth-order valence-electron chi connectivity index (χ4n) is 1.23. The fourth-order valence-corrected chi connectivity index (χ4v) is 1.23. The lowest BCUT2D eigenvalue weighted by Gasteiger charge is -2.00. The summed E-state index contributed by atoms with van der Waals surface area (Å²) < 4.78 is 13.1. The highest BCUT2D eigenvalue weighted by atomic mass is 19.1. The minimum atomic E-state index is -0.229. The van der Waals surface area contributed by atoms with Crippen LogP contribution in [0.15, 0.2) is 18.3 Å². The normalized spacial score (nSPS) is 10.7. The first kappa shape index (κ1) is 8.10. The van der Waals surface area contributed by atoms with Gasteiger partial charge in [0.25, 0.3) is 0 Å². The third kappa shape index (κ3) is 1.37. The van der Waals surface area contributed by atoms with Crippen LogP contribution in [0.5, 0.6) is 0 Å². The van der Waals surface area contributed by atoms with Crippen molar-refractivity contribution in [2.24, 2.45) is 0 Å². The Morgan fingerprint density at radius 1 is 1.15 bits per heavy atom. The van der Waals surface area contributed by atoms with E-state index in [1.54, 1.807) is 19.2 Å². The molecule has 0 bridgehead atoms. The average molecular weight is 176 g/mol. The molecule has 0 fully saturated rings. The van der Waals surface area contributed by atoms with Crippen molar-refractivity contribution >= 4 is 11.0 Å². The molecule has 66 valence electrons. The Balaban J connectivity index is 2.81. The number of halogens is 1. The monoisotopic (exact) mass is 176 g/mol. The number of benzene rings is 1.